The molecule has 93 heavy (non-hydrogen) atoms. The number of hydrogen-bond donors (Lipinski definition) is 3. The quantitative estimate of drug-likeness (QED) is 0.0262. The highest BCUT2D eigenvalue weighted by atomic mass is 16.5. The zero-order chi connectivity index (χ0) is 65.6. The van der Waals surface area contributed by atoms with Gasteiger partial charge in [0.25, 0.3) is 0 Å². The highest BCUT2D eigenvalue weighted by Crippen LogP contribution is 2.29. The molecule has 488 valence electrons. The van der Waals surface area contributed by atoms with Crippen molar-refractivity contribution in [1.82, 2.24) is 0 Å². The summed E-state index contributed by atoms with van der Waals surface area (Å²) < 4.78 is 19.8. The summed E-state index contributed by atoms with van der Waals surface area (Å²) in [7, 11) is 0. The largest absolute Gasteiger partial charge is 0.492 e. The molecule has 0 aliphatic carbocycles. The van der Waals surface area contributed by atoms with Crippen LogP contribution in [0.4, 0.5) is 0 Å². The van der Waals surface area contributed by atoms with Gasteiger partial charge in [-0.25, -0.2) is 0 Å². The van der Waals surface area contributed by atoms with Gasteiger partial charge < -0.3 is 31.4 Å². The molecule has 6 aromatic rings. The molecule has 0 heterocycles. The number of rotatable bonds is 39. The fourth-order valence-electron chi connectivity index (χ4n) is 11.3. The molecule has 6 heteroatoms. The van der Waals surface area contributed by atoms with Crippen LogP contribution in [0.2, 0.25) is 0 Å². The van der Waals surface area contributed by atoms with E-state index in [-0.39, 0.29) is 0 Å². The Labute approximate surface area is 563 Å². The normalized spacial score (nSPS) is 10.5. The maximum atomic E-state index is 6.76. The fraction of sp³-hybridized carbons (Fsp3) is 0.448. The fourth-order valence-corrected chi connectivity index (χ4v) is 11.3. The molecular formula is C87H107N3O3. The molecule has 6 nitrogen and oxygen atoms in total. The van der Waals surface area contributed by atoms with Gasteiger partial charge in [-0.05, 0) is 127 Å². The van der Waals surface area contributed by atoms with E-state index in [0.717, 1.165) is 116 Å². The zero-order valence-corrected chi connectivity index (χ0v) is 57.0. The van der Waals surface area contributed by atoms with Crippen LogP contribution >= 0.6 is 0 Å². The summed E-state index contributed by atoms with van der Waals surface area (Å²) in [5.41, 5.74) is 30.4. The lowest BCUT2D eigenvalue weighted by Gasteiger charge is -2.13. The highest BCUT2D eigenvalue weighted by Gasteiger charge is 2.14. The second kappa shape index (κ2) is 46.1. The van der Waals surface area contributed by atoms with Gasteiger partial charge in [-0.15, -0.1) is 6.42 Å². The van der Waals surface area contributed by atoms with Gasteiger partial charge in [0, 0.05) is 53.0 Å². The minimum atomic E-state index is 0.317. The molecule has 0 fully saturated rings. The second-order valence-corrected chi connectivity index (χ2v) is 24.7. The van der Waals surface area contributed by atoms with E-state index in [0.29, 0.717) is 51.0 Å². The molecule has 0 bridgehead atoms. The van der Waals surface area contributed by atoms with Gasteiger partial charge >= 0.3 is 0 Å². The van der Waals surface area contributed by atoms with Crippen LogP contribution in [0.5, 0.6) is 17.2 Å². The number of terminal acetylenes is 1. The highest BCUT2D eigenvalue weighted by molar-refractivity contribution is 5.64. The molecular weight excluding hydrogens is 1130 g/mol. The minimum Gasteiger partial charge on any atom is -0.492 e. The summed E-state index contributed by atoms with van der Waals surface area (Å²) in [5, 5.41) is 0. The number of ether oxygens (including phenoxy) is 3. The van der Waals surface area contributed by atoms with Crippen molar-refractivity contribution in [2.24, 2.45) is 17.2 Å². The van der Waals surface area contributed by atoms with Crippen LogP contribution in [0.25, 0.3) is 0 Å². The molecule has 0 saturated carbocycles. The Hall–Kier alpha value is -8.04. The van der Waals surface area contributed by atoms with Crippen molar-refractivity contribution in [2.45, 2.75) is 233 Å². The zero-order valence-electron chi connectivity index (χ0n) is 57.0. The van der Waals surface area contributed by atoms with E-state index in [1.807, 2.05) is 115 Å². The first kappa shape index (κ1) is 74.0. The van der Waals surface area contributed by atoms with Gasteiger partial charge in [-0.2, -0.15) is 0 Å². The SMILES string of the molecule is C#Cc1cccc(C#Cc2cc(CN)cc(C#Cc3cccc(C#Cc4cc(CN)cc(C#Cc5cccc(C#Cc6cc(CN)ccc6OCCCCCCCCCCCC)c5)c4OCCCCCCCCCCCC)c3)c2OCCCCCCCCCCCC)c1. The van der Waals surface area contributed by atoms with Crippen molar-refractivity contribution in [3.05, 3.63) is 193 Å². The van der Waals surface area contributed by atoms with Crippen LogP contribution in [-0.2, 0) is 19.6 Å². The molecule has 0 aromatic heterocycles. The maximum Gasteiger partial charge on any atom is 0.150 e. The summed E-state index contributed by atoms with van der Waals surface area (Å²) in [6.07, 6.45) is 43.3. The van der Waals surface area contributed by atoms with Crippen LogP contribution < -0.4 is 31.4 Å². The lowest BCUT2D eigenvalue weighted by molar-refractivity contribution is 0.302. The number of hydrogen-bond acceptors (Lipinski definition) is 6. The third-order valence-electron chi connectivity index (χ3n) is 16.8. The molecule has 0 radical (unpaired) electrons. The van der Waals surface area contributed by atoms with E-state index in [4.69, 9.17) is 37.8 Å². The van der Waals surface area contributed by atoms with E-state index in [1.54, 1.807) is 0 Å². The van der Waals surface area contributed by atoms with Crippen molar-refractivity contribution < 1.29 is 14.2 Å². The maximum absolute atomic E-state index is 6.76. The molecule has 0 amide bonds. The van der Waals surface area contributed by atoms with E-state index in [1.165, 1.54) is 161 Å². The van der Waals surface area contributed by atoms with Crippen LogP contribution in [0.15, 0.2) is 115 Å². The van der Waals surface area contributed by atoms with Crippen molar-refractivity contribution >= 4 is 0 Å². The van der Waals surface area contributed by atoms with Crippen LogP contribution in [0.3, 0.4) is 0 Å². The first-order chi connectivity index (χ1) is 45.9. The minimum absolute atomic E-state index is 0.317. The molecule has 0 aliphatic heterocycles. The Kier molecular flexibility index (Phi) is 36.7. The van der Waals surface area contributed by atoms with Gasteiger partial charge in [-0.1, -0.05) is 284 Å². The predicted octanol–water partition coefficient (Wildman–Crippen LogP) is 19.9. The molecule has 6 aromatic carbocycles. The molecule has 6 rings (SSSR count). The molecule has 6 N–H and O–H groups in total. The van der Waals surface area contributed by atoms with Crippen LogP contribution in [0.1, 0.15) is 291 Å². The van der Waals surface area contributed by atoms with Crippen molar-refractivity contribution in [1.29, 1.82) is 0 Å². The molecule has 0 unspecified atom stereocenters. The smallest absolute Gasteiger partial charge is 0.150 e. The van der Waals surface area contributed by atoms with Gasteiger partial charge in [0.15, 0.2) is 11.5 Å². The third kappa shape index (κ3) is 29.2. The number of unbranched alkanes of at least 4 members (excludes halogenated alkanes) is 27. The summed E-state index contributed by atoms with van der Waals surface area (Å²) in [6, 6.07) is 38.0. The topological polar surface area (TPSA) is 106 Å². The Bertz CT molecular complexity index is 3560. The van der Waals surface area contributed by atoms with Crippen LogP contribution in [-0.4, -0.2) is 19.8 Å². The first-order valence-corrected chi connectivity index (χ1v) is 35.7. The first-order valence-electron chi connectivity index (χ1n) is 35.7. The van der Waals surface area contributed by atoms with Gasteiger partial charge in [0.2, 0.25) is 0 Å². The molecule has 0 saturated heterocycles. The standard InChI is InChI=1S/C87H107N3O3/c1-5-9-12-15-18-21-24-27-30-33-57-91-85-56-50-77(68-88)63-80(85)51-45-73-41-37-42-74(61-73)47-53-83-66-79(70-90)67-84(87(83)93-59-35-32-29-26-23-20-17-14-11-7-3)55-49-76-44-38-43-75(62-76)48-54-82-65-78(69-89)64-81(52-46-72-40-36-39-71(8-4)60-72)86(82)92-58-34-31-28-25-22-19-16-13-10-6-2/h4,36-44,50,56,60-67H,5-7,9-35,57-59,68-70,88-90H2,1-3H3. The van der Waals surface area contributed by atoms with E-state index in [9.17, 15) is 0 Å². The average Bonchev–Trinajstić information content (AvgIpc) is 2.66. The molecule has 0 atom stereocenters. The molecule has 0 spiro atoms. The Morgan fingerprint density at radius 2 is 0.548 bits per heavy atom. The summed E-state index contributed by atoms with van der Waals surface area (Å²) >= 11 is 0. The van der Waals surface area contributed by atoms with Gasteiger partial charge in [0.1, 0.15) is 5.75 Å². The Morgan fingerprint density at radius 3 is 0.860 bits per heavy atom. The predicted molar refractivity (Wildman–Crippen MR) is 392 cm³/mol. The lowest BCUT2D eigenvalue weighted by atomic mass is 10.0. The molecule has 0 aliphatic rings. The summed E-state index contributed by atoms with van der Waals surface area (Å²) in [5.74, 6) is 39.2. The number of benzene rings is 6. The number of nitrogens with two attached hydrogens (primary N) is 3. The van der Waals surface area contributed by atoms with Crippen molar-refractivity contribution in [3.8, 4) is 88.8 Å². The lowest BCUT2D eigenvalue weighted by Crippen LogP contribution is -2.04. The summed E-state index contributed by atoms with van der Waals surface area (Å²) in [6.45, 7) is 9.67. The van der Waals surface area contributed by atoms with Crippen LogP contribution in [0, 0.1) is 71.5 Å². The second-order valence-electron chi connectivity index (χ2n) is 24.7. The third-order valence-corrected chi connectivity index (χ3v) is 16.8. The van der Waals surface area contributed by atoms with E-state index >= 15 is 0 Å². The summed E-state index contributed by atoms with van der Waals surface area (Å²) in [4.78, 5) is 0. The Morgan fingerprint density at radius 1 is 0.280 bits per heavy atom. The van der Waals surface area contributed by atoms with Crippen molar-refractivity contribution in [2.75, 3.05) is 19.8 Å². The van der Waals surface area contributed by atoms with Gasteiger partial charge in [-0.3, -0.25) is 0 Å². The van der Waals surface area contributed by atoms with E-state index in [2.05, 4.69) is 85.9 Å². The van der Waals surface area contributed by atoms with Gasteiger partial charge in [0.05, 0.1) is 47.6 Å². The monoisotopic (exact) mass is 1240 g/mol. The van der Waals surface area contributed by atoms with E-state index < -0.39 is 0 Å². The Balaban J connectivity index is 1.24. The van der Waals surface area contributed by atoms with Crippen molar-refractivity contribution in [3.63, 3.8) is 0 Å². The average molecular weight is 1240 g/mol.